The van der Waals surface area contributed by atoms with Crippen LogP contribution in [0.5, 0.6) is 0 Å². The van der Waals surface area contributed by atoms with Crippen LogP contribution in [0.15, 0.2) is 36.5 Å². The molecule has 2 aromatic heterocycles. The minimum atomic E-state index is -3.06. The molecule has 0 bridgehead atoms. The molecule has 0 spiro atoms. The second-order valence-electron chi connectivity index (χ2n) is 8.52. The SMILES string of the molecule is CC(C)c1nc(-c2cccc(NSN3CCOCC3)c2)c(-c2ccnc(NCCS(C)(=O)=O)n2)s1. The lowest BCUT2D eigenvalue weighted by atomic mass is 10.1. The van der Waals surface area contributed by atoms with Crippen LogP contribution in [0.1, 0.15) is 24.8 Å². The number of ether oxygens (including phenoxy) is 1. The van der Waals surface area contributed by atoms with Crippen molar-refractivity contribution in [1.29, 1.82) is 0 Å². The zero-order chi connectivity index (χ0) is 24.8. The van der Waals surface area contributed by atoms with Gasteiger partial charge in [0.25, 0.3) is 0 Å². The van der Waals surface area contributed by atoms with Gasteiger partial charge in [0.05, 0.1) is 40.2 Å². The van der Waals surface area contributed by atoms with E-state index >= 15 is 0 Å². The first kappa shape index (κ1) is 25.8. The van der Waals surface area contributed by atoms with E-state index < -0.39 is 9.84 Å². The van der Waals surface area contributed by atoms with Crippen LogP contribution >= 0.6 is 23.5 Å². The second-order valence-corrected chi connectivity index (χ2v) is 12.7. The fraction of sp³-hybridized carbons (Fsp3) is 0.435. The predicted octanol–water partition coefficient (Wildman–Crippen LogP) is 4.15. The van der Waals surface area contributed by atoms with Gasteiger partial charge < -0.3 is 14.8 Å². The Kier molecular flexibility index (Phi) is 8.60. The number of rotatable bonds is 10. The van der Waals surface area contributed by atoms with Crippen LogP contribution in [-0.4, -0.2) is 72.5 Å². The molecule has 12 heteroatoms. The summed E-state index contributed by atoms with van der Waals surface area (Å²) < 4.78 is 34.0. The molecule has 1 aliphatic rings. The fourth-order valence-electron chi connectivity index (χ4n) is 3.36. The molecule has 35 heavy (non-hydrogen) atoms. The number of nitrogens with one attached hydrogen (secondary N) is 2. The van der Waals surface area contributed by atoms with E-state index in [-0.39, 0.29) is 18.2 Å². The molecular formula is C23H30N6O3S3. The Morgan fingerprint density at radius 2 is 2.00 bits per heavy atom. The summed E-state index contributed by atoms with van der Waals surface area (Å²) in [6.45, 7) is 7.78. The van der Waals surface area contributed by atoms with E-state index in [2.05, 4.69) is 50.3 Å². The van der Waals surface area contributed by atoms with Crippen molar-refractivity contribution >= 4 is 44.9 Å². The van der Waals surface area contributed by atoms with Gasteiger partial charge in [0.1, 0.15) is 9.84 Å². The molecule has 188 valence electrons. The minimum absolute atomic E-state index is 0.0200. The van der Waals surface area contributed by atoms with E-state index in [0.29, 0.717) is 5.95 Å². The largest absolute Gasteiger partial charge is 0.379 e. The minimum Gasteiger partial charge on any atom is -0.379 e. The summed E-state index contributed by atoms with van der Waals surface area (Å²) in [6.07, 6.45) is 2.89. The standard InChI is InChI=1S/C23H30N6O3S3/c1-16(2)22-27-20(17-5-4-6-18(15-17)28-34-29-10-12-32-13-11-29)21(33-22)19-7-8-24-23(26-19)25-9-14-35(3,30)31/h4-8,15-16,28H,9-14H2,1-3H3,(H,24,25,26). The predicted molar refractivity (Wildman–Crippen MR) is 144 cm³/mol. The van der Waals surface area contributed by atoms with Crippen LogP contribution in [0.25, 0.3) is 21.8 Å². The summed E-state index contributed by atoms with van der Waals surface area (Å²) >= 11 is 3.21. The van der Waals surface area contributed by atoms with E-state index in [0.717, 1.165) is 58.8 Å². The molecule has 1 saturated heterocycles. The van der Waals surface area contributed by atoms with Crippen molar-refractivity contribution in [2.45, 2.75) is 19.8 Å². The quantitative estimate of drug-likeness (QED) is 0.368. The Bertz CT molecular complexity index is 1240. The van der Waals surface area contributed by atoms with Crippen LogP contribution in [-0.2, 0) is 14.6 Å². The highest BCUT2D eigenvalue weighted by Crippen LogP contribution is 2.39. The van der Waals surface area contributed by atoms with Crippen LogP contribution in [0.3, 0.4) is 0 Å². The van der Waals surface area contributed by atoms with Crippen molar-refractivity contribution < 1.29 is 13.2 Å². The average Bonchev–Trinajstić information content (AvgIpc) is 3.29. The number of aromatic nitrogens is 3. The first-order valence-electron chi connectivity index (χ1n) is 11.4. The second kappa shape index (κ2) is 11.7. The molecule has 0 aliphatic carbocycles. The van der Waals surface area contributed by atoms with Gasteiger partial charge in [-0.15, -0.1) is 11.3 Å². The maximum absolute atomic E-state index is 11.4. The molecule has 3 heterocycles. The first-order valence-corrected chi connectivity index (χ1v) is 15.1. The molecule has 9 nitrogen and oxygen atoms in total. The smallest absolute Gasteiger partial charge is 0.223 e. The third-order valence-corrected chi connectivity index (χ3v) is 8.45. The molecule has 0 unspecified atom stereocenters. The zero-order valence-electron chi connectivity index (χ0n) is 20.0. The van der Waals surface area contributed by atoms with E-state index in [9.17, 15) is 8.42 Å². The lowest BCUT2D eigenvalue weighted by Crippen LogP contribution is -2.31. The summed E-state index contributed by atoms with van der Waals surface area (Å²) in [6, 6.07) is 10.1. The summed E-state index contributed by atoms with van der Waals surface area (Å²) in [5, 5.41) is 4.04. The normalized spacial score (nSPS) is 14.9. The Hall–Kier alpha value is -2.25. The molecule has 4 rings (SSSR count). The summed E-state index contributed by atoms with van der Waals surface area (Å²) in [4.78, 5) is 14.8. The van der Waals surface area contributed by atoms with E-state index in [1.54, 1.807) is 29.7 Å². The number of sulfone groups is 1. The van der Waals surface area contributed by atoms with Gasteiger partial charge in [0, 0.05) is 61.4 Å². The highest BCUT2D eigenvalue weighted by Gasteiger charge is 2.19. The first-order chi connectivity index (χ1) is 16.8. The van der Waals surface area contributed by atoms with Gasteiger partial charge in [0.2, 0.25) is 5.95 Å². The molecule has 1 aromatic carbocycles. The molecule has 0 amide bonds. The average molecular weight is 535 g/mol. The molecule has 2 N–H and O–H groups in total. The third-order valence-electron chi connectivity index (χ3n) is 5.18. The molecule has 0 saturated carbocycles. The van der Waals surface area contributed by atoms with Crippen LogP contribution in [0.4, 0.5) is 11.6 Å². The molecule has 0 radical (unpaired) electrons. The van der Waals surface area contributed by atoms with Crippen molar-refractivity contribution in [3.63, 3.8) is 0 Å². The number of hydrogen-bond donors (Lipinski definition) is 2. The highest BCUT2D eigenvalue weighted by molar-refractivity contribution is 7.98. The monoisotopic (exact) mass is 534 g/mol. The van der Waals surface area contributed by atoms with Crippen LogP contribution in [0, 0.1) is 0 Å². The topological polar surface area (TPSA) is 109 Å². The van der Waals surface area contributed by atoms with E-state index in [1.165, 1.54) is 6.26 Å². The summed E-state index contributed by atoms with van der Waals surface area (Å²) in [5.74, 6) is 0.695. The molecule has 1 aliphatic heterocycles. The Morgan fingerprint density at radius 1 is 1.20 bits per heavy atom. The Balaban J connectivity index is 1.58. The van der Waals surface area contributed by atoms with Crippen molar-refractivity contribution in [3.8, 4) is 21.8 Å². The van der Waals surface area contributed by atoms with Gasteiger partial charge in [-0.3, -0.25) is 0 Å². The maximum atomic E-state index is 11.4. The zero-order valence-corrected chi connectivity index (χ0v) is 22.5. The van der Waals surface area contributed by atoms with Gasteiger partial charge in [-0.1, -0.05) is 26.0 Å². The van der Waals surface area contributed by atoms with E-state index in [1.807, 2.05) is 18.2 Å². The number of benzene rings is 1. The van der Waals surface area contributed by atoms with Gasteiger partial charge in [-0.25, -0.2) is 27.7 Å². The molecule has 3 aromatic rings. The fourth-order valence-corrected chi connectivity index (χ4v) is 5.58. The highest BCUT2D eigenvalue weighted by atomic mass is 32.2. The van der Waals surface area contributed by atoms with Gasteiger partial charge in [-0.2, -0.15) is 0 Å². The van der Waals surface area contributed by atoms with Crippen molar-refractivity contribution in [3.05, 3.63) is 41.5 Å². The number of anilines is 2. The Morgan fingerprint density at radius 3 is 2.74 bits per heavy atom. The third kappa shape index (κ3) is 7.37. The molecular weight excluding hydrogens is 504 g/mol. The number of morpholine rings is 1. The van der Waals surface area contributed by atoms with Crippen LogP contribution < -0.4 is 10.0 Å². The molecule has 0 atom stereocenters. The number of nitrogens with zero attached hydrogens (tertiary/aromatic N) is 4. The Labute approximate surface area is 214 Å². The van der Waals surface area contributed by atoms with Crippen molar-refractivity contribution in [1.82, 2.24) is 19.3 Å². The maximum Gasteiger partial charge on any atom is 0.223 e. The summed E-state index contributed by atoms with van der Waals surface area (Å²) in [7, 11) is -3.06. The van der Waals surface area contributed by atoms with E-state index in [4.69, 9.17) is 9.72 Å². The lowest BCUT2D eigenvalue weighted by molar-refractivity contribution is 0.0775. The van der Waals surface area contributed by atoms with Crippen molar-refractivity contribution in [2.24, 2.45) is 0 Å². The van der Waals surface area contributed by atoms with Gasteiger partial charge in [0.15, 0.2) is 0 Å². The summed E-state index contributed by atoms with van der Waals surface area (Å²) in [5.41, 5.74) is 3.62. The van der Waals surface area contributed by atoms with Gasteiger partial charge in [-0.05, 0) is 18.2 Å². The van der Waals surface area contributed by atoms with Crippen molar-refractivity contribution in [2.75, 3.05) is 54.9 Å². The molecule has 1 fully saturated rings. The number of hydrogen-bond acceptors (Lipinski definition) is 11. The van der Waals surface area contributed by atoms with Crippen LogP contribution in [0.2, 0.25) is 0 Å². The lowest BCUT2D eigenvalue weighted by Gasteiger charge is -2.25. The van der Waals surface area contributed by atoms with Gasteiger partial charge >= 0.3 is 0 Å². The number of thiazole rings is 1.